The van der Waals surface area contributed by atoms with Crippen LogP contribution < -0.4 is 0 Å². The Bertz CT molecular complexity index is 278. The van der Waals surface area contributed by atoms with Crippen LogP contribution in [0, 0.1) is 5.92 Å². The number of sulfone groups is 1. The lowest BCUT2D eigenvalue weighted by atomic mass is 10.0. The van der Waals surface area contributed by atoms with Gasteiger partial charge in [-0.1, -0.05) is 20.8 Å². The molecule has 0 aromatic heterocycles. The molecule has 0 spiro atoms. The van der Waals surface area contributed by atoms with Crippen LogP contribution in [0.3, 0.4) is 0 Å². The van der Waals surface area contributed by atoms with Crippen molar-refractivity contribution in [2.45, 2.75) is 46.5 Å². The summed E-state index contributed by atoms with van der Waals surface area (Å²) in [5.74, 6) is 0.942. The zero-order valence-corrected chi connectivity index (χ0v) is 10.8. The van der Waals surface area contributed by atoms with Crippen LogP contribution in [0.15, 0.2) is 0 Å². The van der Waals surface area contributed by atoms with Crippen molar-refractivity contribution in [2.24, 2.45) is 5.92 Å². The van der Waals surface area contributed by atoms with Gasteiger partial charge in [0.1, 0.15) is 15.6 Å². The van der Waals surface area contributed by atoms with E-state index in [1.165, 1.54) is 0 Å². The van der Waals surface area contributed by atoms with Crippen LogP contribution in [0.5, 0.6) is 0 Å². The molecule has 0 aromatic rings. The molecule has 0 bridgehead atoms. The third-order valence-electron chi connectivity index (χ3n) is 2.06. The van der Waals surface area contributed by atoms with Crippen molar-refractivity contribution in [3.05, 3.63) is 0 Å². The molecule has 0 amide bonds. The van der Waals surface area contributed by atoms with Crippen LogP contribution in [0.4, 0.5) is 0 Å². The number of Topliss-reactive ketones (excluding diaryl/α,β-unsaturated/α-hetero) is 1. The highest BCUT2D eigenvalue weighted by atomic mass is 32.2. The maximum absolute atomic E-state index is 11.3. The monoisotopic (exact) mass is 234 g/mol. The van der Waals surface area contributed by atoms with Gasteiger partial charge in [0.25, 0.3) is 0 Å². The minimum atomic E-state index is -2.91. The second-order valence-corrected chi connectivity index (χ2v) is 6.70. The van der Waals surface area contributed by atoms with Crippen molar-refractivity contribution >= 4 is 15.6 Å². The van der Waals surface area contributed by atoms with Crippen molar-refractivity contribution in [1.29, 1.82) is 0 Å². The molecule has 0 aliphatic heterocycles. The number of carbonyl (C=O) groups excluding carboxylic acids is 1. The summed E-state index contributed by atoms with van der Waals surface area (Å²) < 4.78 is 22.6. The topological polar surface area (TPSA) is 51.2 Å². The minimum absolute atomic E-state index is 0.157. The van der Waals surface area contributed by atoms with Crippen LogP contribution in [0.2, 0.25) is 0 Å². The van der Waals surface area contributed by atoms with E-state index in [0.717, 1.165) is 0 Å². The molecule has 0 fully saturated rings. The number of rotatable bonds is 8. The predicted octanol–water partition coefficient (Wildman–Crippen LogP) is 2.21. The highest BCUT2D eigenvalue weighted by Gasteiger charge is 2.11. The fourth-order valence-corrected chi connectivity index (χ4v) is 2.87. The average molecular weight is 234 g/mol. The van der Waals surface area contributed by atoms with E-state index < -0.39 is 9.84 Å². The van der Waals surface area contributed by atoms with Crippen LogP contribution in [0.1, 0.15) is 46.5 Å². The maximum Gasteiger partial charge on any atom is 0.150 e. The second kappa shape index (κ2) is 6.99. The summed E-state index contributed by atoms with van der Waals surface area (Å²) in [5.41, 5.74) is 0. The first-order chi connectivity index (χ1) is 6.87. The number of hydrogen-bond acceptors (Lipinski definition) is 3. The number of carbonyl (C=O) groups is 1. The molecule has 15 heavy (non-hydrogen) atoms. The fourth-order valence-electron chi connectivity index (χ4n) is 1.46. The Morgan fingerprint density at radius 3 is 2.27 bits per heavy atom. The molecule has 0 N–H and O–H groups in total. The highest BCUT2D eigenvalue weighted by Crippen LogP contribution is 2.06. The van der Waals surface area contributed by atoms with Crippen molar-refractivity contribution < 1.29 is 13.2 Å². The van der Waals surface area contributed by atoms with Crippen LogP contribution in [0.25, 0.3) is 0 Å². The zero-order chi connectivity index (χ0) is 11.9. The molecule has 3 nitrogen and oxygen atoms in total. The van der Waals surface area contributed by atoms with Crippen molar-refractivity contribution in [3.63, 3.8) is 0 Å². The Labute approximate surface area is 93.2 Å². The lowest BCUT2D eigenvalue weighted by Gasteiger charge is -2.04. The minimum Gasteiger partial charge on any atom is -0.300 e. The molecule has 0 aliphatic carbocycles. The first-order valence-electron chi connectivity index (χ1n) is 5.59. The summed E-state index contributed by atoms with van der Waals surface area (Å²) >= 11 is 0. The van der Waals surface area contributed by atoms with Gasteiger partial charge in [-0.05, 0) is 18.8 Å². The largest absolute Gasteiger partial charge is 0.300 e. The molecule has 0 rings (SSSR count). The standard InChI is InChI=1S/C11H22O3S/c1-4-7-15(13,14)8-5-6-11(12)9-10(2)3/h10H,4-9H2,1-3H3. The normalized spacial score (nSPS) is 12.0. The molecule has 90 valence electrons. The van der Waals surface area contributed by atoms with Gasteiger partial charge in [0.05, 0.1) is 5.75 Å². The molecule has 0 saturated carbocycles. The molecule has 0 aromatic carbocycles. The van der Waals surface area contributed by atoms with Gasteiger partial charge in [-0.25, -0.2) is 8.42 Å². The Morgan fingerprint density at radius 1 is 1.20 bits per heavy atom. The van der Waals surface area contributed by atoms with E-state index in [2.05, 4.69) is 0 Å². The van der Waals surface area contributed by atoms with Crippen molar-refractivity contribution in [3.8, 4) is 0 Å². The summed E-state index contributed by atoms with van der Waals surface area (Å²) in [4.78, 5) is 11.3. The summed E-state index contributed by atoms with van der Waals surface area (Å²) in [6.45, 7) is 5.83. The van der Waals surface area contributed by atoms with Crippen molar-refractivity contribution in [1.82, 2.24) is 0 Å². The van der Waals surface area contributed by atoms with Gasteiger partial charge in [-0.2, -0.15) is 0 Å². The molecular formula is C11H22O3S. The summed E-state index contributed by atoms with van der Waals surface area (Å²) in [5, 5.41) is 0. The van der Waals surface area contributed by atoms with Gasteiger partial charge < -0.3 is 0 Å². The van der Waals surface area contributed by atoms with Crippen molar-refractivity contribution in [2.75, 3.05) is 11.5 Å². The summed E-state index contributed by atoms with van der Waals surface area (Å²) in [7, 11) is -2.91. The molecule has 0 radical (unpaired) electrons. The molecule has 0 saturated heterocycles. The zero-order valence-electron chi connectivity index (χ0n) is 9.95. The fraction of sp³-hybridized carbons (Fsp3) is 0.909. The first-order valence-corrected chi connectivity index (χ1v) is 7.41. The Morgan fingerprint density at radius 2 is 1.80 bits per heavy atom. The van der Waals surface area contributed by atoms with E-state index in [9.17, 15) is 13.2 Å². The molecule has 0 heterocycles. The van der Waals surface area contributed by atoms with Crippen LogP contribution in [-0.2, 0) is 14.6 Å². The third-order valence-corrected chi connectivity index (χ3v) is 4.00. The smallest absolute Gasteiger partial charge is 0.150 e. The molecule has 0 aliphatic rings. The molecule has 4 heteroatoms. The SMILES string of the molecule is CCCS(=O)(=O)CCCC(=O)CC(C)C. The van der Waals surface area contributed by atoms with E-state index in [0.29, 0.717) is 31.6 Å². The van der Waals surface area contributed by atoms with Gasteiger partial charge >= 0.3 is 0 Å². The van der Waals surface area contributed by atoms with E-state index in [-0.39, 0.29) is 17.3 Å². The quantitative estimate of drug-likeness (QED) is 0.647. The predicted molar refractivity (Wildman–Crippen MR) is 62.6 cm³/mol. The first kappa shape index (κ1) is 14.6. The lowest BCUT2D eigenvalue weighted by molar-refractivity contribution is -0.119. The van der Waals surface area contributed by atoms with Crippen LogP contribution >= 0.6 is 0 Å². The van der Waals surface area contributed by atoms with Gasteiger partial charge in [-0.3, -0.25) is 4.79 Å². The number of hydrogen-bond donors (Lipinski definition) is 0. The molecular weight excluding hydrogens is 212 g/mol. The Hall–Kier alpha value is -0.380. The average Bonchev–Trinajstić information content (AvgIpc) is 2.01. The second-order valence-electron chi connectivity index (χ2n) is 4.39. The molecule has 0 unspecified atom stereocenters. The van der Waals surface area contributed by atoms with E-state index >= 15 is 0 Å². The Kier molecular flexibility index (Phi) is 6.81. The van der Waals surface area contributed by atoms with E-state index in [4.69, 9.17) is 0 Å². The summed E-state index contributed by atoms with van der Waals surface area (Å²) in [6, 6.07) is 0. The third kappa shape index (κ3) is 8.60. The van der Waals surface area contributed by atoms with Gasteiger partial charge in [0.2, 0.25) is 0 Å². The lowest BCUT2D eigenvalue weighted by Crippen LogP contribution is -2.12. The summed E-state index contributed by atoms with van der Waals surface area (Å²) in [6.07, 6.45) is 2.10. The van der Waals surface area contributed by atoms with E-state index in [1.807, 2.05) is 20.8 Å². The van der Waals surface area contributed by atoms with Gasteiger partial charge in [0, 0.05) is 18.6 Å². The van der Waals surface area contributed by atoms with Gasteiger partial charge in [-0.15, -0.1) is 0 Å². The van der Waals surface area contributed by atoms with E-state index in [1.54, 1.807) is 0 Å². The molecule has 0 atom stereocenters. The van der Waals surface area contributed by atoms with Gasteiger partial charge in [0.15, 0.2) is 0 Å². The Balaban J connectivity index is 3.75. The number of ketones is 1. The highest BCUT2D eigenvalue weighted by molar-refractivity contribution is 7.91. The maximum atomic E-state index is 11.3. The van der Waals surface area contributed by atoms with Crippen LogP contribution in [-0.4, -0.2) is 25.7 Å².